The molecule has 0 saturated heterocycles. The number of rotatable bonds is 2. The van der Waals surface area contributed by atoms with Crippen molar-refractivity contribution < 1.29 is 4.39 Å². The van der Waals surface area contributed by atoms with Crippen LogP contribution >= 0.6 is 22.6 Å². The van der Waals surface area contributed by atoms with Crippen LogP contribution in [0.1, 0.15) is 12.5 Å². The van der Waals surface area contributed by atoms with Crippen molar-refractivity contribution in [1.82, 2.24) is 5.32 Å². The average molecular weight is 296 g/mol. The second-order valence-corrected chi connectivity index (χ2v) is 3.89. The van der Waals surface area contributed by atoms with E-state index < -0.39 is 0 Å². The lowest BCUT2D eigenvalue weighted by molar-refractivity contribution is 0.619. The van der Waals surface area contributed by atoms with Gasteiger partial charge < -0.3 is 5.32 Å². The molecule has 0 heterocycles. The third kappa shape index (κ3) is 3.30. The van der Waals surface area contributed by atoms with Gasteiger partial charge in [-0.15, -0.1) is 0 Å². The molecule has 70 valence electrons. The molecule has 0 aliphatic rings. The molecule has 4 heteroatoms. The highest BCUT2D eigenvalue weighted by Crippen LogP contribution is 2.12. The van der Waals surface area contributed by atoms with E-state index in [1.165, 1.54) is 6.07 Å². The van der Waals surface area contributed by atoms with Gasteiger partial charge >= 0.3 is 0 Å². The summed E-state index contributed by atoms with van der Waals surface area (Å²) in [6.45, 7) is 2.25. The van der Waals surface area contributed by atoms with Gasteiger partial charge in [-0.3, -0.25) is 5.41 Å². The van der Waals surface area contributed by atoms with Crippen molar-refractivity contribution >= 4 is 28.4 Å². The summed E-state index contributed by atoms with van der Waals surface area (Å²) in [7, 11) is 0. The van der Waals surface area contributed by atoms with Crippen LogP contribution in [-0.4, -0.2) is 5.84 Å². The molecule has 0 radical (unpaired) electrons. The molecule has 0 amide bonds. The Morgan fingerprint density at radius 2 is 2.31 bits per heavy atom. The van der Waals surface area contributed by atoms with Crippen molar-refractivity contribution in [1.29, 1.82) is 5.41 Å². The fourth-order valence-electron chi connectivity index (χ4n) is 0.884. The normalized spacial score (nSPS) is 9.77. The van der Waals surface area contributed by atoms with Gasteiger partial charge in [0, 0.05) is 10.1 Å². The number of nitrogens with one attached hydrogen (secondary N) is 2. The lowest BCUT2D eigenvalue weighted by atomic mass is 10.2. The number of halogens is 2. The van der Waals surface area contributed by atoms with Crippen molar-refractivity contribution in [2.75, 3.05) is 0 Å². The summed E-state index contributed by atoms with van der Waals surface area (Å²) in [5.41, 5.74) is 0.984. The first-order valence-corrected chi connectivity index (χ1v) is 4.90. The van der Waals surface area contributed by atoms with E-state index in [2.05, 4.69) is 5.32 Å². The van der Waals surface area contributed by atoms with E-state index in [4.69, 9.17) is 5.41 Å². The van der Waals surface area contributed by atoms with E-state index in [9.17, 15) is 4.39 Å². The second kappa shape index (κ2) is 4.55. The summed E-state index contributed by atoms with van der Waals surface area (Å²) in [5.74, 6) is 0.218. The molecule has 1 aromatic rings. The molecule has 0 aliphatic carbocycles. The molecule has 0 saturated carbocycles. The maximum Gasteiger partial charge on any atom is 0.136 e. The first kappa shape index (κ1) is 10.4. The zero-order valence-electron chi connectivity index (χ0n) is 7.20. The quantitative estimate of drug-likeness (QED) is 0.491. The summed E-state index contributed by atoms with van der Waals surface area (Å²) in [5, 5.41) is 10.0. The predicted molar refractivity (Wildman–Crippen MR) is 59.4 cm³/mol. The van der Waals surface area contributed by atoms with E-state index >= 15 is 0 Å². The van der Waals surface area contributed by atoms with E-state index in [1.807, 2.05) is 22.6 Å². The summed E-state index contributed by atoms with van der Waals surface area (Å²) in [4.78, 5) is 0. The summed E-state index contributed by atoms with van der Waals surface area (Å²) < 4.78 is 13.4. The Morgan fingerprint density at radius 1 is 1.62 bits per heavy atom. The van der Waals surface area contributed by atoms with Crippen molar-refractivity contribution in [2.45, 2.75) is 13.5 Å². The number of hydrogen-bond acceptors (Lipinski definition) is 1. The van der Waals surface area contributed by atoms with Gasteiger partial charge in [0.1, 0.15) is 5.82 Å². The summed E-state index contributed by atoms with van der Waals surface area (Å²) >= 11 is 1.95. The molecule has 0 fully saturated rings. The van der Waals surface area contributed by atoms with Gasteiger partial charge in [-0.25, -0.2) is 4.39 Å². The molecule has 2 N–H and O–H groups in total. The van der Waals surface area contributed by atoms with Gasteiger partial charge in [0.2, 0.25) is 0 Å². The van der Waals surface area contributed by atoms with Gasteiger partial charge in [-0.1, -0.05) is 6.07 Å². The van der Waals surface area contributed by atoms with Gasteiger partial charge in [0.25, 0.3) is 0 Å². The van der Waals surface area contributed by atoms with Crippen LogP contribution in [0.3, 0.4) is 0 Å². The number of hydrogen-bond donors (Lipinski definition) is 2. The molecule has 1 aromatic carbocycles. The maximum absolute atomic E-state index is 12.8. The third-order valence-corrected chi connectivity index (χ3v) is 2.37. The van der Waals surface area contributed by atoms with Crippen molar-refractivity contribution in [2.24, 2.45) is 0 Å². The van der Waals surface area contributed by atoms with Crippen LogP contribution < -0.4 is 5.32 Å². The van der Waals surface area contributed by atoms with Crippen molar-refractivity contribution in [3.63, 3.8) is 0 Å². The SMILES string of the molecule is CC(=N)NCc1ccc(F)c([131I])c1. The molecule has 2 nitrogen and oxygen atoms in total. The molecule has 0 bridgehead atoms. The van der Waals surface area contributed by atoms with Crippen LogP contribution in [0.25, 0.3) is 0 Å². The monoisotopic (exact) mass is 296 g/mol. The van der Waals surface area contributed by atoms with Gasteiger partial charge in [-0.2, -0.15) is 0 Å². The highest BCUT2D eigenvalue weighted by atomic mass is 131. The smallest absolute Gasteiger partial charge is 0.136 e. The number of amidine groups is 1. The van der Waals surface area contributed by atoms with Crippen LogP contribution in [0.4, 0.5) is 4.39 Å². The highest BCUT2D eigenvalue weighted by Gasteiger charge is 1.99. The number of benzene rings is 1. The minimum Gasteiger partial charge on any atom is -0.370 e. The Hall–Kier alpha value is -0.650. The minimum atomic E-state index is -0.198. The first-order chi connectivity index (χ1) is 6.09. The lowest BCUT2D eigenvalue weighted by Crippen LogP contribution is -2.18. The fraction of sp³-hybridized carbons (Fsp3) is 0.222. The van der Waals surface area contributed by atoms with E-state index in [1.54, 1.807) is 19.1 Å². The van der Waals surface area contributed by atoms with Crippen molar-refractivity contribution in [3.05, 3.63) is 33.1 Å². The lowest BCUT2D eigenvalue weighted by Gasteiger charge is -2.04. The zero-order chi connectivity index (χ0) is 9.84. The van der Waals surface area contributed by atoms with E-state index in [0.29, 0.717) is 16.0 Å². The summed E-state index contributed by atoms with van der Waals surface area (Å²) in [6.07, 6.45) is 0. The Morgan fingerprint density at radius 3 is 2.85 bits per heavy atom. The van der Waals surface area contributed by atoms with E-state index in [-0.39, 0.29) is 5.82 Å². The van der Waals surface area contributed by atoms with Gasteiger partial charge in [0.05, 0.1) is 5.84 Å². The molecule has 0 aliphatic heterocycles. The van der Waals surface area contributed by atoms with E-state index in [0.717, 1.165) is 5.56 Å². The first-order valence-electron chi connectivity index (χ1n) is 3.82. The minimum absolute atomic E-state index is 0.198. The zero-order valence-corrected chi connectivity index (χ0v) is 9.35. The van der Waals surface area contributed by atoms with Crippen LogP contribution in [0, 0.1) is 14.8 Å². The Kier molecular flexibility index (Phi) is 3.65. The standard InChI is InChI=1S/C9H10FIN2/c1-6(12)13-5-7-2-3-8(10)9(11)4-7/h2-4H,5H2,1H3,(H2,12,13)/i11+4. The fourth-order valence-corrected chi connectivity index (χ4v) is 1.46. The average Bonchev–Trinajstić information content (AvgIpc) is 2.07. The Balaban J connectivity index is 2.68. The molecular formula is C9H10FIN2. The van der Waals surface area contributed by atoms with Crippen LogP contribution in [0.15, 0.2) is 18.2 Å². The van der Waals surface area contributed by atoms with Crippen molar-refractivity contribution in [3.8, 4) is 0 Å². The molecule has 0 atom stereocenters. The Labute approximate surface area is 90.2 Å². The van der Waals surface area contributed by atoms with Crippen LogP contribution in [0.5, 0.6) is 0 Å². The molecule has 0 unspecified atom stereocenters. The topological polar surface area (TPSA) is 35.9 Å². The molecule has 1 rings (SSSR count). The highest BCUT2D eigenvalue weighted by molar-refractivity contribution is 14.1. The third-order valence-electron chi connectivity index (χ3n) is 1.54. The van der Waals surface area contributed by atoms with Crippen LogP contribution in [-0.2, 0) is 6.54 Å². The summed E-state index contributed by atoms with van der Waals surface area (Å²) in [6, 6.07) is 4.93. The largest absolute Gasteiger partial charge is 0.370 e. The van der Waals surface area contributed by atoms with Gasteiger partial charge in [-0.05, 0) is 47.2 Å². The molecule has 0 aromatic heterocycles. The maximum atomic E-state index is 12.8. The molecule has 0 spiro atoms. The second-order valence-electron chi connectivity index (χ2n) is 2.73. The molecule has 13 heavy (non-hydrogen) atoms. The van der Waals surface area contributed by atoms with Crippen LogP contribution in [0.2, 0.25) is 0 Å². The molecular weight excluding hydrogens is 286 g/mol. The Bertz CT molecular complexity index is 325. The van der Waals surface area contributed by atoms with Gasteiger partial charge in [0.15, 0.2) is 0 Å². The predicted octanol–water partition coefficient (Wildman–Crippen LogP) is 2.52.